The van der Waals surface area contributed by atoms with E-state index in [0.717, 1.165) is 77.9 Å². The molecule has 0 radical (unpaired) electrons. The summed E-state index contributed by atoms with van der Waals surface area (Å²) in [6.45, 7) is 3.19. The Labute approximate surface area is 175 Å². The van der Waals surface area contributed by atoms with E-state index in [1.165, 1.54) is 0 Å². The number of pyridine rings is 1. The first-order valence-corrected chi connectivity index (χ1v) is 10.8. The van der Waals surface area contributed by atoms with Gasteiger partial charge in [0.2, 0.25) is 6.79 Å². The maximum Gasteiger partial charge on any atom is 0.231 e. The topological polar surface area (TPSA) is 69.4 Å². The van der Waals surface area contributed by atoms with E-state index in [1.807, 2.05) is 31.2 Å². The second-order valence-electron chi connectivity index (χ2n) is 8.67. The number of imidazole rings is 1. The minimum atomic E-state index is -0.168. The molecule has 4 heterocycles. The van der Waals surface area contributed by atoms with E-state index in [2.05, 4.69) is 16.7 Å². The van der Waals surface area contributed by atoms with Gasteiger partial charge < -0.3 is 19.1 Å². The zero-order chi connectivity index (χ0) is 20.2. The van der Waals surface area contributed by atoms with Crippen LogP contribution in [0.2, 0.25) is 0 Å². The van der Waals surface area contributed by atoms with Gasteiger partial charge in [-0.05, 0) is 68.9 Å². The smallest absolute Gasteiger partial charge is 0.231 e. The zero-order valence-corrected chi connectivity index (χ0v) is 17.0. The zero-order valence-electron chi connectivity index (χ0n) is 17.0. The molecule has 0 spiro atoms. The van der Waals surface area contributed by atoms with Crippen molar-refractivity contribution in [1.82, 2.24) is 14.5 Å². The molecule has 1 aromatic carbocycles. The highest BCUT2D eigenvalue weighted by Gasteiger charge is 2.38. The van der Waals surface area contributed by atoms with Crippen molar-refractivity contribution < 1.29 is 14.6 Å². The molecule has 6 nitrogen and oxygen atoms in total. The molecule has 3 aliphatic rings. The van der Waals surface area contributed by atoms with Crippen LogP contribution in [0.3, 0.4) is 0 Å². The van der Waals surface area contributed by atoms with Crippen molar-refractivity contribution in [3.8, 4) is 34.1 Å². The van der Waals surface area contributed by atoms with Crippen LogP contribution < -0.4 is 9.47 Å². The van der Waals surface area contributed by atoms with Crippen LogP contribution in [0.1, 0.15) is 43.1 Å². The molecular weight excluding hydrogens is 378 g/mol. The summed E-state index contributed by atoms with van der Waals surface area (Å²) >= 11 is 0. The molecule has 0 bridgehead atoms. The molecule has 3 aromatic rings. The minimum Gasteiger partial charge on any atom is -0.454 e. The number of nitrogens with zero attached hydrogens (tertiary/aromatic N) is 3. The summed E-state index contributed by atoms with van der Waals surface area (Å²) in [4.78, 5) is 9.98. The SMILES string of the molecule is Cc1cccc(-c2nc3n(c2-c2ccc4c(c2)OCO4)CC[C@H]2C[C@@H](O)CCC32)n1. The fourth-order valence-corrected chi connectivity index (χ4v) is 5.36. The molecule has 6 rings (SSSR count). The Balaban J connectivity index is 1.54. The van der Waals surface area contributed by atoms with Gasteiger partial charge in [-0.25, -0.2) is 4.98 Å². The van der Waals surface area contributed by atoms with E-state index in [4.69, 9.17) is 19.4 Å². The molecule has 6 heteroatoms. The number of aromatic nitrogens is 3. The molecule has 30 heavy (non-hydrogen) atoms. The summed E-state index contributed by atoms with van der Waals surface area (Å²) in [6, 6.07) is 12.2. The van der Waals surface area contributed by atoms with Crippen molar-refractivity contribution in [2.75, 3.05) is 6.79 Å². The van der Waals surface area contributed by atoms with Gasteiger partial charge in [0, 0.05) is 23.7 Å². The van der Waals surface area contributed by atoms with Crippen LogP contribution in [0.4, 0.5) is 0 Å². The van der Waals surface area contributed by atoms with Gasteiger partial charge in [0.1, 0.15) is 11.5 Å². The van der Waals surface area contributed by atoms with Crippen LogP contribution in [0.25, 0.3) is 22.6 Å². The lowest BCUT2D eigenvalue weighted by Crippen LogP contribution is -2.32. The van der Waals surface area contributed by atoms with Crippen LogP contribution in [0.15, 0.2) is 36.4 Å². The van der Waals surface area contributed by atoms with Gasteiger partial charge >= 0.3 is 0 Å². The Morgan fingerprint density at radius 3 is 2.83 bits per heavy atom. The highest BCUT2D eigenvalue weighted by Crippen LogP contribution is 2.47. The van der Waals surface area contributed by atoms with Crippen LogP contribution >= 0.6 is 0 Å². The number of hydrogen-bond donors (Lipinski definition) is 1. The van der Waals surface area contributed by atoms with Gasteiger partial charge in [-0.3, -0.25) is 4.98 Å². The highest BCUT2D eigenvalue weighted by atomic mass is 16.7. The normalized spacial score (nSPS) is 24.4. The van der Waals surface area contributed by atoms with Gasteiger partial charge in [0.15, 0.2) is 11.5 Å². The Hall–Kier alpha value is -2.86. The third-order valence-corrected chi connectivity index (χ3v) is 6.78. The van der Waals surface area contributed by atoms with Crippen molar-refractivity contribution >= 4 is 0 Å². The molecule has 0 saturated heterocycles. The fourth-order valence-electron chi connectivity index (χ4n) is 5.36. The fraction of sp³-hybridized carbons (Fsp3) is 0.417. The molecule has 1 aliphatic carbocycles. The standard InChI is InChI=1S/C24H25N3O3/c1-14-3-2-4-19(25-14)22-23(16-5-8-20-21(12-16)30-13-29-20)27-10-9-15-11-17(28)6-7-18(15)24(27)26-22/h2-5,8,12,15,17-18,28H,6-7,9-11,13H2,1H3/t15-,17-,18?/m0/s1. The number of hydrogen-bond acceptors (Lipinski definition) is 5. The van der Waals surface area contributed by atoms with E-state index in [-0.39, 0.29) is 12.9 Å². The Morgan fingerprint density at radius 1 is 1.03 bits per heavy atom. The summed E-state index contributed by atoms with van der Waals surface area (Å²) in [7, 11) is 0. The monoisotopic (exact) mass is 403 g/mol. The Bertz CT molecular complexity index is 1120. The molecule has 1 saturated carbocycles. The predicted octanol–water partition coefficient (Wildman–Crippen LogP) is 4.30. The van der Waals surface area contributed by atoms with Crippen molar-refractivity contribution in [3.05, 3.63) is 47.9 Å². The van der Waals surface area contributed by atoms with E-state index in [1.54, 1.807) is 0 Å². The van der Waals surface area contributed by atoms with Crippen molar-refractivity contribution in [3.63, 3.8) is 0 Å². The number of ether oxygens (including phenoxy) is 2. The molecule has 1 N–H and O–H groups in total. The molecule has 154 valence electrons. The van der Waals surface area contributed by atoms with E-state index >= 15 is 0 Å². The van der Waals surface area contributed by atoms with Crippen molar-refractivity contribution in [1.29, 1.82) is 0 Å². The summed E-state index contributed by atoms with van der Waals surface area (Å²) in [6.07, 6.45) is 3.63. The van der Waals surface area contributed by atoms with Crippen LogP contribution in [-0.2, 0) is 6.54 Å². The first kappa shape index (κ1) is 18.0. The average molecular weight is 403 g/mol. The van der Waals surface area contributed by atoms with Gasteiger partial charge in [0.05, 0.1) is 17.5 Å². The van der Waals surface area contributed by atoms with Gasteiger partial charge in [-0.15, -0.1) is 0 Å². The highest BCUT2D eigenvalue weighted by molar-refractivity contribution is 5.79. The second kappa shape index (κ2) is 6.84. The summed E-state index contributed by atoms with van der Waals surface area (Å²) in [5.74, 6) is 3.61. The molecule has 1 unspecified atom stereocenters. The first-order chi connectivity index (χ1) is 14.7. The maximum atomic E-state index is 10.2. The minimum absolute atomic E-state index is 0.168. The molecule has 2 aliphatic heterocycles. The summed E-state index contributed by atoms with van der Waals surface area (Å²) in [5.41, 5.74) is 4.99. The molecule has 2 aromatic heterocycles. The summed E-state index contributed by atoms with van der Waals surface area (Å²) in [5, 5.41) is 10.2. The van der Waals surface area contributed by atoms with E-state index < -0.39 is 0 Å². The van der Waals surface area contributed by atoms with Crippen LogP contribution in [0.5, 0.6) is 11.5 Å². The molecular formula is C24H25N3O3. The van der Waals surface area contributed by atoms with Gasteiger partial charge in [0.25, 0.3) is 0 Å². The number of aryl methyl sites for hydroxylation is 1. The molecule has 1 fully saturated rings. The average Bonchev–Trinajstić information content (AvgIpc) is 3.37. The van der Waals surface area contributed by atoms with E-state index in [9.17, 15) is 5.11 Å². The second-order valence-corrected chi connectivity index (χ2v) is 8.67. The third-order valence-electron chi connectivity index (χ3n) is 6.78. The number of aliphatic hydroxyl groups excluding tert-OH is 1. The lowest BCUT2D eigenvalue weighted by molar-refractivity contribution is 0.0750. The summed E-state index contributed by atoms with van der Waals surface area (Å²) < 4.78 is 13.5. The number of aliphatic hydroxyl groups is 1. The number of rotatable bonds is 2. The Kier molecular flexibility index (Phi) is 4.09. The molecule has 3 atom stereocenters. The van der Waals surface area contributed by atoms with Crippen molar-refractivity contribution in [2.24, 2.45) is 5.92 Å². The maximum absolute atomic E-state index is 10.2. The lowest BCUT2D eigenvalue weighted by atomic mass is 9.74. The lowest BCUT2D eigenvalue weighted by Gasteiger charge is -2.38. The third kappa shape index (κ3) is 2.82. The molecule has 0 amide bonds. The number of fused-ring (bicyclic) bond motifs is 4. The quantitative estimate of drug-likeness (QED) is 0.691. The van der Waals surface area contributed by atoms with Gasteiger partial charge in [-0.2, -0.15) is 0 Å². The largest absolute Gasteiger partial charge is 0.454 e. The van der Waals surface area contributed by atoms with Crippen molar-refractivity contribution in [2.45, 2.75) is 51.2 Å². The first-order valence-electron chi connectivity index (χ1n) is 10.8. The number of benzene rings is 1. The van der Waals surface area contributed by atoms with Crippen LogP contribution in [-0.4, -0.2) is 32.5 Å². The predicted molar refractivity (Wildman–Crippen MR) is 112 cm³/mol. The van der Waals surface area contributed by atoms with Gasteiger partial charge in [-0.1, -0.05) is 6.07 Å². The van der Waals surface area contributed by atoms with E-state index in [0.29, 0.717) is 11.8 Å². The Morgan fingerprint density at radius 2 is 1.93 bits per heavy atom. The van der Waals surface area contributed by atoms with Crippen LogP contribution in [0, 0.1) is 12.8 Å².